The summed E-state index contributed by atoms with van der Waals surface area (Å²) < 4.78 is 22.4. The Kier molecular flexibility index (Phi) is 4.85. The maximum atomic E-state index is 12.2. The predicted molar refractivity (Wildman–Crippen MR) is 83.4 cm³/mol. The number of hydrogen-bond acceptors (Lipinski definition) is 3. The van der Waals surface area contributed by atoms with Gasteiger partial charge in [-0.3, -0.25) is 4.79 Å². The molecule has 6 heteroatoms. The number of primary sulfonamides is 1. The zero-order valence-electron chi connectivity index (χ0n) is 13.2. The minimum absolute atomic E-state index is 0.00648. The van der Waals surface area contributed by atoms with E-state index in [1.54, 1.807) is 0 Å². The van der Waals surface area contributed by atoms with Crippen molar-refractivity contribution in [1.29, 1.82) is 0 Å². The number of carbonyl (C=O) groups is 1. The molecule has 0 aliphatic heterocycles. The highest BCUT2D eigenvalue weighted by Crippen LogP contribution is 2.27. The summed E-state index contributed by atoms with van der Waals surface area (Å²) in [5, 5.41) is 7.99. The molecule has 0 aliphatic rings. The van der Waals surface area contributed by atoms with Crippen molar-refractivity contribution in [2.75, 3.05) is 0 Å². The second-order valence-corrected chi connectivity index (χ2v) is 8.71. The minimum Gasteiger partial charge on any atom is -0.347 e. The standard InChI is InChI=1S/C15H24N2O3S/c1-14(2,3)10-15(4,5)17-13(18)11-6-8-12(9-7-11)21(16,19)20/h6-9H,10H2,1-5H3,(H,17,18)(H2,16,19,20). The molecular formula is C15H24N2O3S. The number of sulfonamides is 1. The van der Waals surface area contributed by atoms with E-state index in [0.717, 1.165) is 6.42 Å². The SMILES string of the molecule is CC(C)(C)CC(C)(C)NC(=O)c1ccc(S(N)(=O)=O)cc1. The predicted octanol–water partition coefficient (Wildman–Crippen LogP) is 2.28. The maximum absolute atomic E-state index is 12.2. The molecule has 0 heterocycles. The Balaban J connectivity index is 2.85. The first-order valence-corrected chi connectivity index (χ1v) is 8.30. The quantitative estimate of drug-likeness (QED) is 0.893. The number of hydrogen-bond donors (Lipinski definition) is 2. The second-order valence-electron chi connectivity index (χ2n) is 7.14. The van der Waals surface area contributed by atoms with Gasteiger partial charge in [-0.25, -0.2) is 13.6 Å². The Morgan fingerprint density at radius 1 is 1.10 bits per heavy atom. The van der Waals surface area contributed by atoms with Gasteiger partial charge in [0, 0.05) is 11.1 Å². The third-order valence-electron chi connectivity index (χ3n) is 2.87. The molecule has 1 rings (SSSR count). The van der Waals surface area contributed by atoms with Gasteiger partial charge in [0.15, 0.2) is 0 Å². The Bertz CT molecular complexity index is 611. The van der Waals surface area contributed by atoms with Crippen molar-refractivity contribution in [3.05, 3.63) is 29.8 Å². The van der Waals surface area contributed by atoms with Crippen LogP contribution in [0.5, 0.6) is 0 Å². The molecule has 21 heavy (non-hydrogen) atoms. The average molecular weight is 312 g/mol. The molecular weight excluding hydrogens is 288 g/mol. The molecule has 3 N–H and O–H groups in total. The van der Waals surface area contributed by atoms with Crippen molar-refractivity contribution in [3.8, 4) is 0 Å². The van der Waals surface area contributed by atoms with Crippen LogP contribution in [0.15, 0.2) is 29.2 Å². The summed E-state index contributed by atoms with van der Waals surface area (Å²) in [5.41, 5.74) is 0.145. The zero-order valence-corrected chi connectivity index (χ0v) is 14.0. The Labute approximate surface area is 127 Å². The van der Waals surface area contributed by atoms with Gasteiger partial charge in [0.05, 0.1) is 4.90 Å². The van der Waals surface area contributed by atoms with Gasteiger partial charge in [-0.2, -0.15) is 0 Å². The Morgan fingerprint density at radius 3 is 1.95 bits per heavy atom. The lowest BCUT2D eigenvalue weighted by atomic mass is 9.81. The summed E-state index contributed by atoms with van der Waals surface area (Å²) in [6.45, 7) is 10.3. The van der Waals surface area contributed by atoms with Gasteiger partial charge in [0.1, 0.15) is 0 Å². The molecule has 0 fully saturated rings. The molecule has 0 bridgehead atoms. The summed E-state index contributed by atoms with van der Waals surface area (Å²) in [6.07, 6.45) is 0.820. The van der Waals surface area contributed by atoms with E-state index >= 15 is 0 Å². The van der Waals surface area contributed by atoms with Crippen LogP contribution in [0, 0.1) is 5.41 Å². The number of carbonyl (C=O) groups excluding carboxylic acids is 1. The summed E-state index contributed by atoms with van der Waals surface area (Å²) in [4.78, 5) is 12.2. The van der Waals surface area contributed by atoms with E-state index in [4.69, 9.17) is 5.14 Å². The van der Waals surface area contributed by atoms with Crippen molar-refractivity contribution in [3.63, 3.8) is 0 Å². The van der Waals surface area contributed by atoms with Gasteiger partial charge in [-0.05, 0) is 49.9 Å². The fraction of sp³-hybridized carbons (Fsp3) is 0.533. The number of nitrogens with two attached hydrogens (primary N) is 1. The van der Waals surface area contributed by atoms with E-state index in [0.29, 0.717) is 5.56 Å². The van der Waals surface area contributed by atoms with E-state index in [-0.39, 0.29) is 21.8 Å². The third-order valence-corrected chi connectivity index (χ3v) is 3.80. The van der Waals surface area contributed by atoms with Gasteiger partial charge in [0.25, 0.3) is 5.91 Å². The van der Waals surface area contributed by atoms with Gasteiger partial charge in [0.2, 0.25) is 10.0 Å². The van der Waals surface area contributed by atoms with Crippen molar-refractivity contribution in [2.45, 2.75) is 51.5 Å². The zero-order chi connectivity index (χ0) is 16.5. The molecule has 1 amide bonds. The summed E-state index contributed by atoms with van der Waals surface area (Å²) in [7, 11) is -3.74. The second kappa shape index (κ2) is 5.77. The number of rotatable bonds is 4. The first kappa shape index (κ1) is 17.7. The summed E-state index contributed by atoms with van der Waals surface area (Å²) in [6, 6.07) is 5.59. The van der Waals surface area contributed by atoms with Crippen LogP contribution in [0.25, 0.3) is 0 Å². The highest BCUT2D eigenvalue weighted by Gasteiger charge is 2.27. The van der Waals surface area contributed by atoms with Crippen molar-refractivity contribution in [2.24, 2.45) is 10.6 Å². The van der Waals surface area contributed by atoms with E-state index in [2.05, 4.69) is 26.1 Å². The molecule has 0 saturated heterocycles. The summed E-state index contributed by atoms with van der Waals surface area (Å²) >= 11 is 0. The molecule has 1 aromatic rings. The highest BCUT2D eigenvalue weighted by molar-refractivity contribution is 7.89. The van der Waals surface area contributed by atoms with Gasteiger partial charge < -0.3 is 5.32 Å². The van der Waals surface area contributed by atoms with Crippen molar-refractivity contribution < 1.29 is 13.2 Å². The molecule has 0 radical (unpaired) electrons. The van der Waals surface area contributed by atoms with Crippen LogP contribution >= 0.6 is 0 Å². The smallest absolute Gasteiger partial charge is 0.251 e. The van der Waals surface area contributed by atoms with Gasteiger partial charge in [-0.15, -0.1) is 0 Å². The first-order valence-electron chi connectivity index (χ1n) is 6.76. The molecule has 118 valence electrons. The molecule has 1 aromatic carbocycles. The molecule has 0 aliphatic carbocycles. The lowest BCUT2D eigenvalue weighted by molar-refractivity contribution is 0.0891. The first-order chi connectivity index (χ1) is 9.30. The van der Waals surface area contributed by atoms with Gasteiger partial charge in [-0.1, -0.05) is 20.8 Å². The Hall–Kier alpha value is -1.40. The lowest BCUT2D eigenvalue weighted by Gasteiger charge is -2.33. The van der Waals surface area contributed by atoms with E-state index in [1.165, 1.54) is 24.3 Å². The fourth-order valence-corrected chi connectivity index (χ4v) is 3.06. The highest BCUT2D eigenvalue weighted by atomic mass is 32.2. The van der Waals surface area contributed by atoms with Crippen molar-refractivity contribution >= 4 is 15.9 Å². The number of amides is 1. The van der Waals surface area contributed by atoms with E-state index in [1.807, 2.05) is 13.8 Å². The van der Waals surface area contributed by atoms with Gasteiger partial charge >= 0.3 is 0 Å². The van der Waals surface area contributed by atoms with Crippen LogP contribution in [0.1, 0.15) is 51.4 Å². The normalized spacial score (nSPS) is 13.0. The topological polar surface area (TPSA) is 89.3 Å². The van der Waals surface area contributed by atoms with Crippen LogP contribution < -0.4 is 10.5 Å². The van der Waals surface area contributed by atoms with Crippen molar-refractivity contribution in [1.82, 2.24) is 5.32 Å². The molecule has 0 unspecified atom stereocenters. The summed E-state index contributed by atoms with van der Waals surface area (Å²) in [5.74, 6) is -0.231. The molecule has 0 saturated carbocycles. The monoisotopic (exact) mass is 312 g/mol. The molecule has 0 atom stereocenters. The molecule has 0 aromatic heterocycles. The van der Waals surface area contributed by atoms with Crippen LogP contribution in [-0.4, -0.2) is 19.9 Å². The fourth-order valence-electron chi connectivity index (χ4n) is 2.55. The molecule has 5 nitrogen and oxygen atoms in total. The third kappa shape index (κ3) is 5.85. The average Bonchev–Trinajstić information content (AvgIpc) is 2.23. The van der Waals surface area contributed by atoms with Crippen LogP contribution in [0.2, 0.25) is 0 Å². The Morgan fingerprint density at radius 2 is 1.57 bits per heavy atom. The largest absolute Gasteiger partial charge is 0.347 e. The van der Waals surface area contributed by atoms with Crippen LogP contribution in [-0.2, 0) is 10.0 Å². The van der Waals surface area contributed by atoms with E-state index in [9.17, 15) is 13.2 Å². The van der Waals surface area contributed by atoms with E-state index < -0.39 is 10.0 Å². The maximum Gasteiger partial charge on any atom is 0.251 e. The number of benzene rings is 1. The van der Waals surface area contributed by atoms with Crippen LogP contribution in [0.3, 0.4) is 0 Å². The molecule has 0 spiro atoms. The number of nitrogens with one attached hydrogen (secondary N) is 1. The minimum atomic E-state index is -3.74. The lowest BCUT2D eigenvalue weighted by Crippen LogP contribution is -2.45. The van der Waals surface area contributed by atoms with Crippen LogP contribution in [0.4, 0.5) is 0 Å².